The number of carboxylic acid groups (broad SMARTS) is 1. The van der Waals surface area contributed by atoms with Crippen molar-refractivity contribution in [2.45, 2.75) is 95.0 Å². The summed E-state index contributed by atoms with van der Waals surface area (Å²) < 4.78 is 35.7. The molecule has 4 N–H and O–H groups in total. The Hall–Kier alpha value is -11.4. The van der Waals surface area contributed by atoms with Gasteiger partial charge in [0.15, 0.2) is 0 Å². The minimum Gasteiger partial charge on any atom is -0.478 e. The Morgan fingerprint density at radius 3 is 1.33 bits per heavy atom. The highest BCUT2D eigenvalue weighted by molar-refractivity contribution is 6.58. The normalized spacial score (nSPS) is 12.2. The van der Waals surface area contributed by atoms with Crippen molar-refractivity contribution >= 4 is 60.4 Å². The smallest absolute Gasteiger partial charge is 0.478 e. The van der Waals surface area contributed by atoms with Gasteiger partial charge < -0.3 is 39.7 Å². The van der Waals surface area contributed by atoms with E-state index in [1.165, 1.54) is 92.8 Å². The lowest BCUT2D eigenvalue weighted by atomic mass is 9.75. The third-order valence-corrected chi connectivity index (χ3v) is 15.2. The minimum absolute atomic E-state index is 0. The van der Waals surface area contributed by atoms with E-state index in [-0.39, 0.29) is 89.3 Å². The fourth-order valence-corrected chi connectivity index (χ4v) is 10.1. The molecule has 10 aromatic rings. The molecule has 25 nitrogen and oxygen atoms in total. The lowest BCUT2D eigenvalue weighted by molar-refractivity contribution is 0.0516. The van der Waals surface area contributed by atoms with E-state index in [9.17, 15) is 33.2 Å². The second-order valence-electron chi connectivity index (χ2n) is 21.6. The number of benzene rings is 2. The minimum atomic E-state index is -1.47. The predicted molar refractivity (Wildman–Crippen MR) is 401 cm³/mol. The van der Waals surface area contributed by atoms with Gasteiger partial charge in [0.2, 0.25) is 5.54 Å². The monoisotopic (exact) mass is 1470 g/mol. The molecule has 30 heteroatoms. The van der Waals surface area contributed by atoms with E-state index in [4.69, 9.17) is 42.8 Å². The fourth-order valence-electron chi connectivity index (χ4n) is 9.91. The van der Waals surface area contributed by atoms with Gasteiger partial charge in [-0.3, -0.25) is 19.7 Å². The van der Waals surface area contributed by atoms with E-state index < -0.39 is 24.5 Å². The summed E-state index contributed by atoms with van der Waals surface area (Å²) in [7, 11) is -1.47. The summed E-state index contributed by atoms with van der Waals surface area (Å²) in [6.45, 7) is 14.3. The number of ether oxygens (including phenoxy) is 2. The first kappa shape index (κ1) is 91.6. The van der Waals surface area contributed by atoms with Gasteiger partial charge in [0.05, 0.1) is 70.5 Å². The second-order valence-corrected chi connectivity index (χ2v) is 21.9. The maximum atomic E-state index is 13.2. The molecule has 2 aliphatic rings. The number of hydrogen-bond donors (Lipinski definition) is 4. The van der Waals surface area contributed by atoms with E-state index >= 15 is 0 Å². The number of esters is 2. The van der Waals surface area contributed by atoms with Crippen LogP contribution in [0.2, 0.25) is 5.15 Å². The highest BCUT2D eigenvalue weighted by Gasteiger charge is 2.39. The SMILES string of the molecule is C.C.C.C.C.CCOC(=O)c1cccnc1-c1cncnc1.CCOC(=O)c1cccnc1Cl.Cl.N#CC1(Cc2ccc(F)cc2)CCN(C(=O)c2cccnc2-c2cncnc2)CC1.O=C(O)c1cccnc1-c1cncnc1.OB(O)c1cncnc1.[C-]#[N+]C1(Cc2ccc(F)cc2)CCNCC1. The molecule has 2 aromatic carbocycles. The first-order chi connectivity index (χ1) is 48.0. The van der Waals surface area contributed by atoms with Crippen molar-refractivity contribution in [2.24, 2.45) is 5.41 Å². The van der Waals surface area contributed by atoms with Gasteiger partial charge in [0.1, 0.15) is 42.1 Å². The van der Waals surface area contributed by atoms with Gasteiger partial charge >= 0.3 is 25.0 Å². The summed E-state index contributed by atoms with van der Waals surface area (Å²) in [6.07, 6.45) is 28.3. The highest BCUT2D eigenvalue weighted by Crippen LogP contribution is 2.36. The van der Waals surface area contributed by atoms with Crippen molar-refractivity contribution in [3.8, 4) is 39.8 Å². The van der Waals surface area contributed by atoms with Crippen LogP contribution in [0.15, 0.2) is 197 Å². The third-order valence-electron chi connectivity index (χ3n) is 14.9. The number of piperidine rings is 2. The molecule has 0 bridgehead atoms. The first-order valence-corrected chi connectivity index (χ1v) is 31.1. The van der Waals surface area contributed by atoms with Crippen LogP contribution in [0.3, 0.4) is 0 Å². The number of amides is 1. The average molecular weight is 1480 g/mol. The van der Waals surface area contributed by atoms with Crippen LogP contribution >= 0.6 is 24.0 Å². The van der Waals surface area contributed by atoms with Crippen molar-refractivity contribution in [2.75, 3.05) is 39.4 Å². The van der Waals surface area contributed by atoms with Gasteiger partial charge in [-0.2, -0.15) is 5.26 Å². The number of nitrogens with zero attached hydrogens (tertiary/aromatic N) is 15. The van der Waals surface area contributed by atoms with Gasteiger partial charge in [0.25, 0.3) is 5.91 Å². The van der Waals surface area contributed by atoms with Crippen LogP contribution in [0.5, 0.6) is 0 Å². The Balaban J connectivity index is 0.000000649. The summed E-state index contributed by atoms with van der Waals surface area (Å²) in [4.78, 5) is 99.5. The topological polar surface area (TPSA) is 346 Å². The van der Waals surface area contributed by atoms with Crippen LogP contribution in [-0.2, 0) is 22.3 Å². The van der Waals surface area contributed by atoms with Gasteiger partial charge in [0, 0.05) is 136 Å². The van der Waals surface area contributed by atoms with Crippen LogP contribution in [0.1, 0.15) is 129 Å². The number of carboxylic acids is 1. The Kier molecular flexibility index (Phi) is 41.6. The van der Waals surface area contributed by atoms with E-state index in [0.717, 1.165) is 43.5 Å². The molecule has 105 heavy (non-hydrogen) atoms. The third kappa shape index (κ3) is 28.1. The largest absolute Gasteiger partial charge is 0.491 e. The van der Waals surface area contributed by atoms with Gasteiger partial charge in [-0.25, -0.2) is 74.6 Å². The number of nitrogens with one attached hydrogen (secondary N) is 1. The number of hydrogen-bond acceptors (Lipinski definition) is 22. The van der Waals surface area contributed by atoms with Crippen molar-refractivity contribution in [3.63, 3.8) is 0 Å². The predicted octanol–water partition coefficient (Wildman–Crippen LogP) is 12.7. The summed E-state index contributed by atoms with van der Waals surface area (Å²) in [5, 5.41) is 39.2. The molecule has 0 saturated carbocycles. The number of nitriles is 1. The molecule has 8 aromatic heterocycles. The summed E-state index contributed by atoms with van der Waals surface area (Å²) in [5.74, 6) is -2.46. The zero-order chi connectivity index (χ0) is 70.8. The van der Waals surface area contributed by atoms with Crippen molar-refractivity contribution in [1.82, 2.24) is 70.0 Å². The lowest BCUT2D eigenvalue weighted by Crippen LogP contribution is -2.43. The number of rotatable bonds is 14. The van der Waals surface area contributed by atoms with Crippen molar-refractivity contribution in [3.05, 3.63) is 258 Å². The van der Waals surface area contributed by atoms with Gasteiger partial charge in [-0.1, -0.05) is 73.0 Å². The average Bonchev–Trinajstić information content (AvgIpc) is 0.800. The molecule has 1 amide bonds. The van der Waals surface area contributed by atoms with Crippen LogP contribution in [-0.4, -0.2) is 156 Å². The number of pyridine rings is 4. The Labute approximate surface area is 623 Å². The molecule has 0 radical (unpaired) electrons. The number of aromatic carboxylic acids is 1. The van der Waals surface area contributed by atoms with Crippen molar-refractivity contribution in [1.29, 1.82) is 5.26 Å². The molecule has 12 rings (SSSR count). The lowest BCUT2D eigenvalue weighted by Gasteiger charge is -2.37. The number of halogens is 4. The number of carbonyl (C=O) groups excluding carboxylic acids is 3. The maximum absolute atomic E-state index is 13.2. The van der Waals surface area contributed by atoms with Gasteiger partial charge in [-0.05, 0) is 117 Å². The maximum Gasteiger partial charge on any atom is 0.491 e. The molecular formula is C75H87BCl2F2N16O9. The zero-order valence-corrected chi connectivity index (χ0v) is 55.7. The Morgan fingerprint density at radius 1 is 0.571 bits per heavy atom. The van der Waals surface area contributed by atoms with Crippen LogP contribution in [0.4, 0.5) is 8.78 Å². The summed E-state index contributed by atoms with van der Waals surface area (Å²) in [6, 6.07) is 28.4. The molecule has 2 fully saturated rings. The molecule has 552 valence electrons. The Morgan fingerprint density at radius 2 is 0.943 bits per heavy atom. The molecule has 0 aliphatic carbocycles. The number of carbonyl (C=O) groups is 4. The molecule has 0 unspecified atom stereocenters. The van der Waals surface area contributed by atoms with Gasteiger partial charge in [-0.15, -0.1) is 12.4 Å². The quantitative estimate of drug-likeness (QED) is 0.0340. The number of likely N-dealkylation sites (tertiary alicyclic amines) is 1. The Bertz CT molecular complexity index is 4290. The van der Waals surface area contributed by atoms with Crippen LogP contribution in [0.25, 0.3) is 38.6 Å². The van der Waals surface area contributed by atoms with E-state index in [1.807, 2.05) is 0 Å². The van der Waals surface area contributed by atoms with Crippen molar-refractivity contribution < 1.29 is 52.6 Å². The van der Waals surface area contributed by atoms with Crippen LogP contribution < -0.4 is 10.8 Å². The zero-order valence-electron chi connectivity index (χ0n) is 54.1. The fraction of sp³-hybridized carbons (Fsp3) is 0.280. The second kappa shape index (κ2) is 47.7. The molecule has 2 saturated heterocycles. The standard InChI is InChI=1S/C23H20FN5O.C13H15FN2.C12H11N3O2.C10H7N3O2.C8H8ClNO2.C4H5BN2O2.5CH4.ClH/c24-19-5-3-17(4-6-19)12-23(15-25)7-10-29(11-8-23)22(30)20-2-1-9-28-21(20)18-13-26-16-27-14-18;1-15-13(6-8-16-9-7-13)10-11-2-4-12(14)5-3-11;1-2-17-12(16)10-4-3-5-15-11(10)9-6-13-8-14-7-9;14-10(15)8-2-1-3-13-9(8)7-4-11-6-12-5-7;1-2-12-8(11)6-4-3-5-10-7(6)9;8-5(9)4-1-6-3-7-2-4;;;;;;/h1-6,9,13-14,16H,7-8,10-12H2;2-5,16H,6-10H2;3-8H,2H2,1H3;1-6H,(H,14,15);3-5H,2H2,1H3;1-3,8-9H;5*1H4;1H. The van der Waals surface area contributed by atoms with E-state index in [2.05, 4.69) is 76.0 Å². The summed E-state index contributed by atoms with van der Waals surface area (Å²) >= 11 is 5.64. The van der Waals surface area contributed by atoms with E-state index in [1.54, 1.807) is 123 Å². The molecular weight excluding hydrogens is 1390 g/mol. The molecule has 10 heterocycles. The summed E-state index contributed by atoms with van der Waals surface area (Å²) in [5.41, 5.74) is 6.25. The molecule has 0 atom stereocenters. The molecule has 0 spiro atoms. The van der Waals surface area contributed by atoms with Crippen LogP contribution in [0, 0.1) is 35.0 Å². The molecule has 2 aliphatic heterocycles. The first-order valence-electron chi connectivity index (χ1n) is 30.7. The highest BCUT2D eigenvalue weighted by atomic mass is 35.5. The number of aromatic nitrogens is 12. The van der Waals surface area contributed by atoms with E-state index in [0.29, 0.717) is 101 Å².